The molecule has 86 valence electrons. The van der Waals surface area contributed by atoms with Crippen LogP contribution in [0.2, 0.25) is 0 Å². The van der Waals surface area contributed by atoms with Crippen molar-refractivity contribution in [2.24, 2.45) is 5.73 Å². The Morgan fingerprint density at radius 1 is 1.62 bits per heavy atom. The molecule has 0 saturated heterocycles. The summed E-state index contributed by atoms with van der Waals surface area (Å²) in [4.78, 5) is 11.6. The molecular formula is C12H16N2O2. The highest BCUT2D eigenvalue weighted by Gasteiger charge is 2.11. The summed E-state index contributed by atoms with van der Waals surface area (Å²) in [6.45, 7) is 3.47. The number of nitrogens with one attached hydrogen (secondary N) is 1. The third-order valence-electron chi connectivity index (χ3n) is 2.13. The van der Waals surface area contributed by atoms with Crippen LogP contribution >= 0.6 is 0 Å². The maximum Gasteiger partial charge on any atom is 0.241 e. The van der Waals surface area contributed by atoms with Gasteiger partial charge in [-0.05, 0) is 24.1 Å². The molecule has 1 rings (SSSR count). The molecule has 0 bridgehead atoms. The summed E-state index contributed by atoms with van der Waals surface area (Å²) in [5, 5.41) is 11.6. The van der Waals surface area contributed by atoms with Crippen molar-refractivity contribution in [2.45, 2.75) is 19.1 Å². The molecule has 4 nitrogen and oxygen atoms in total. The van der Waals surface area contributed by atoms with E-state index in [1.807, 2.05) is 0 Å². The van der Waals surface area contributed by atoms with Gasteiger partial charge in [0.05, 0.1) is 12.6 Å². The second kappa shape index (κ2) is 6.05. The Morgan fingerprint density at radius 3 is 3.00 bits per heavy atom. The highest BCUT2D eigenvalue weighted by molar-refractivity contribution is 5.94. The molecule has 1 aromatic carbocycles. The van der Waals surface area contributed by atoms with Gasteiger partial charge in [-0.1, -0.05) is 18.2 Å². The van der Waals surface area contributed by atoms with Gasteiger partial charge in [0.25, 0.3) is 0 Å². The number of hydrogen-bond acceptors (Lipinski definition) is 3. The number of aliphatic hydroxyl groups is 1. The van der Waals surface area contributed by atoms with Crippen LogP contribution in [-0.4, -0.2) is 17.1 Å². The lowest BCUT2D eigenvalue weighted by Gasteiger charge is -2.10. The van der Waals surface area contributed by atoms with E-state index in [9.17, 15) is 4.79 Å². The number of carbonyl (C=O) groups is 1. The van der Waals surface area contributed by atoms with E-state index in [4.69, 9.17) is 10.8 Å². The van der Waals surface area contributed by atoms with Crippen molar-refractivity contribution in [2.75, 3.05) is 5.32 Å². The first kappa shape index (κ1) is 12.4. The fourth-order valence-electron chi connectivity index (χ4n) is 1.27. The summed E-state index contributed by atoms with van der Waals surface area (Å²) < 4.78 is 0. The molecule has 1 aromatic rings. The van der Waals surface area contributed by atoms with Crippen molar-refractivity contribution >= 4 is 11.6 Å². The van der Waals surface area contributed by atoms with E-state index >= 15 is 0 Å². The number of hydrogen-bond donors (Lipinski definition) is 3. The molecular weight excluding hydrogens is 204 g/mol. The normalized spacial score (nSPS) is 11.9. The molecule has 1 amide bonds. The molecule has 0 aliphatic carbocycles. The molecule has 0 aromatic heterocycles. The average Bonchev–Trinajstić information content (AvgIpc) is 2.29. The van der Waals surface area contributed by atoms with Gasteiger partial charge in [0.2, 0.25) is 5.91 Å². The van der Waals surface area contributed by atoms with Crippen molar-refractivity contribution in [3.63, 3.8) is 0 Å². The number of carbonyl (C=O) groups excluding carboxylic acids is 1. The number of amides is 1. The zero-order chi connectivity index (χ0) is 12.0. The van der Waals surface area contributed by atoms with Gasteiger partial charge in [0, 0.05) is 5.69 Å². The standard InChI is InChI=1S/C12H16N2O2/c1-2-4-11(13)12(16)14-10-6-3-5-9(7-10)8-15/h2-3,5-7,11,15H,1,4,8,13H2,(H,14,16). The van der Waals surface area contributed by atoms with Crippen LogP contribution in [0, 0.1) is 0 Å². The Kier molecular flexibility index (Phi) is 4.69. The van der Waals surface area contributed by atoms with E-state index in [2.05, 4.69) is 11.9 Å². The van der Waals surface area contributed by atoms with Crippen molar-refractivity contribution in [3.8, 4) is 0 Å². The van der Waals surface area contributed by atoms with Crippen LogP contribution in [0.1, 0.15) is 12.0 Å². The van der Waals surface area contributed by atoms with Crippen molar-refractivity contribution in [3.05, 3.63) is 42.5 Å². The zero-order valence-electron chi connectivity index (χ0n) is 9.02. The first-order valence-electron chi connectivity index (χ1n) is 5.04. The van der Waals surface area contributed by atoms with Crippen LogP contribution in [0.5, 0.6) is 0 Å². The number of nitrogens with two attached hydrogens (primary N) is 1. The maximum absolute atomic E-state index is 11.6. The lowest BCUT2D eigenvalue weighted by atomic mass is 10.2. The number of benzene rings is 1. The van der Waals surface area contributed by atoms with Gasteiger partial charge < -0.3 is 16.2 Å². The number of rotatable bonds is 5. The second-order valence-electron chi connectivity index (χ2n) is 3.48. The average molecular weight is 220 g/mol. The predicted octanol–water partition coefficient (Wildman–Crippen LogP) is 1.02. The molecule has 0 saturated carbocycles. The Bertz CT molecular complexity index is 377. The van der Waals surface area contributed by atoms with Gasteiger partial charge in [0.15, 0.2) is 0 Å². The van der Waals surface area contributed by atoms with Gasteiger partial charge in [-0.3, -0.25) is 4.79 Å². The minimum atomic E-state index is -0.588. The van der Waals surface area contributed by atoms with Gasteiger partial charge in [0.1, 0.15) is 0 Å². The lowest BCUT2D eigenvalue weighted by Crippen LogP contribution is -2.35. The Labute approximate surface area is 94.8 Å². The monoisotopic (exact) mass is 220 g/mol. The van der Waals surface area contributed by atoms with E-state index < -0.39 is 6.04 Å². The van der Waals surface area contributed by atoms with Crippen LogP contribution < -0.4 is 11.1 Å². The van der Waals surface area contributed by atoms with Crippen molar-refractivity contribution in [1.29, 1.82) is 0 Å². The van der Waals surface area contributed by atoms with Crippen molar-refractivity contribution < 1.29 is 9.90 Å². The molecule has 0 aliphatic heterocycles. The Morgan fingerprint density at radius 2 is 2.38 bits per heavy atom. The third kappa shape index (κ3) is 3.49. The molecule has 0 aliphatic rings. The summed E-state index contributed by atoms with van der Waals surface area (Å²) in [5.41, 5.74) is 6.99. The molecule has 4 N–H and O–H groups in total. The summed E-state index contributed by atoms with van der Waals surface area (Å²) in [6, 6.07) is 6.41. The topological polar surface area (TPSA) is 75.4 Å². The van der Waals surface area contributed by atoms with Crippen molar-refractivity contribution in [1.82, 2.24) is 0 Å². The predicted molar refractivity (Wildman–Crippen MR) is 63.8 cm³/mol. The molecule has 4 heteroatoms. The quantitative estimate of drug-likeness (QED) is 0.648. The summed E-state index contributed by atoms with van der Waals surface area (Å²) in [6.07, 6.45) is 2.04. The van der Waals surface area contributed by atoms with E-state index in [1.165, 1.54) is 0 Å². The van der Waals surface area contributed by atoms with Crippen LogP contribution in [-0.2, 0) is 11.4 Å². The van der Waals surface area contributed by atoms with E-state index in [0.717, 1.165) is 5.56 Å². The highest BCUT2D eigenvalue weighted by Crippen LogP contribution is 2.11. The second-order valence-corrected chi connectivity index (χ2v) is 3.48. The fraction of sp³-hybridized carbons (Fsp3) is 0.250. The van der Waals surface area contributed by atoms with Gasteiger partial charge >= 0.3 is 0 Å². The van der Waals surface area contributed by atoms with E-state index in [1.54, 1.807) is 30.3 Å². The SMILES string of the molecule is C=CCC(N)C(=O)Nc1cccc(CO)c1. The lowest BCUT2D eigenvalue weighted by molar-refractivity contribution is -0.117. The zero-order valence-corrected chi connectivity index (χ0v) is 9.02. The van der Waals surface area contributed by atoms with Crippen LogP contribution in [0.25, 0.3) is 0 Å². The summed E-state index contributed by atoms with van der Waals surface area (Å²) in [7, 11) is 0. The summed E-state index contributed by atoms with van der Waals surface area (Å²) in [5.74, 6) is -0.255. The molecule has 1 unspecified atom stereocenters. The smallest absolute Gasteiger partial charge is 0.241 e. The minimum absolute atomic E-state index is 0.0532. The molecule has 16 heavy (non-hydrogen) atoms. The molecule has 0 fully saturated rings. The summed E-state index contributed by atoms with van der Waals surface area (Å²) >= 11 is 0. The van der Waals surface area contributed by atoms with Crippen LogP contribution in [0.4, 0.5) is 5.69 Å². The Balaban J connectivity index is 2.65. The fourth-order valence-corrected chi connectivity index (χ4v) is 1.27. The minimum Gasteiger partial charge on any atom is -0.392 e. The highest BCUT2D eigenvalue weighted by atomic mass is 16.3. The maximum atomic E-state index is 11.6. The molecule has 1 atom stereocenters. The van der Waals surface area contributed by atoms with Gasteiger partial charge in [-0.2, -0.15) is 0 Å². The molecule has 0 heterocycles. The Hall–Kier alpha value is -1.65. The van der Waals surface area contributed by atoms with E-state index in [-0.39, 0.29) is 12.5 Å². The largest absolute Gasteiger partial charge is 0.392 e. The van der Waals surface area contributed by atoms with Crippen LogP contribution in [0.3, 0.4) is 0 Å². The first-order valence-corrected chi connectivity index (χ1v) is 5.04. The van der Waals surface area contributed by atoms with Crippen LogP contribution in [0.15, 0.2) is 36.9 Å². The molecule has 0 radical (unpaired) electrons. The van der Waals surface area contributed by atoms with Gasteiger partial charge in [-0.25, -0.2) is 0 Å². The number of anilines is 1. The third-order valence-corrected chi connectivity index (χ3v) is 2.13. The van der Waals surface area contributed by atoms with E-state index in [0.29, 0.717) is 12.1 Å². The van der Waals surface area contributed by atoms with Gasteiger partial charge in [-0.15, -0.1) is 6.58 Å². The first-order chi connectivity index (χ1) is 7.67. The number of aliphatic hydroxyl groups excluding tert-OH is 1. The molecule has 0 spiro atoms.